The summed E-state index contributed by atoms with van der Waals surface area (Å²) in [4.78, 5) is 5.04. The van der Waals surface area contributed by atoms with Gasteiger partial charge in [-0.3, -0.25) is 4.90 Å². The average Bonchev–Trinajstić information content (AvgIpc) is 4.00. The van der Waals surface area contributed by atoms with Crippen LogP contribution >= 0.6 is 0 Å². The largest absolute Gasteiger partial charge is 0.464 e. The van der Waals surface area contributed by atoms with Crippen LogP contribution in [0, 0.1) is 6.92 Å². The van der Waals surface area contributed by atoms with Gasteiger partial charge in [0.1, 0.15) is 22.7 Å². The van der Waals surface area contributed by atoms with Crippen molar-refractivity contribution in [2.24, 2.45) is 0 Å². The van der Waals surface area contributed by atoms with Crippen LogP contribution in [-0.2, 0) is 27.1 Å². The van der Waals surface area contributed by atoms with E-state index in [2.05, 4.69) is 233 Å². The summed E-state index contributed by atoms with van der Waals surface area (Å²) in [6, 6.07) is 50.9. The molecule has 2 aromatic heterocycles. The molecule has 0 radical (unpaired) electrons. The number of fused-ring (bicyclic) bond motifs is 15. The number of anilines is 6. The average molecular weight is 877 g/mol. The fourth-order valence-corrected chi connectivity index (χ4v) is 11.8. The van der Waals surface area contributed by atoms with Gasteiger partial charge in [0, 0.05) is 45.0 Å². The highest BCUT2D eigenvalue weighted by atomic mass is 16.4. The number of benzene rings is 6. The Morgan fingerprint density at radius 3 is 1.45 bits per heavy atom. The maximum Gasteiger partial charge on any atom is 0.257 e. The second-order valence-electron chi connectivity index (χ2n) is 23.9. The van der Waals surface area contributed by atoms with Crippen molar-refractivity contribution in [1.29, 1.82) is 0 Å². The monoisotopic (exact) mass is 876 g/mol. The van der Waals surface area contributed by atoms with Gasteiger partial charge in [-0.2, -0.15) is 0 Å². The Morgan fingerprint density at radius 2 is 0.910 bits per heavy atom. The van der Waals surface area contributed by atoms with Crippen molar-refractivity contribution in [3.05, 3.63) is 184 Å². The third-order valence-corrected chi connectivity index (χ3v) is 15.4. The summed E-state index contributed by atoms with van der Waals surface area (Å²) in [6.45, 7) is 29.7. The summed E-state index contributed by atoms with van der Waals surface area (Å²) in [6.07, 6.45) is 0. The van der Waals surface area contributed by atoms with Crippen LogP contribution in [0.3, 0.4) is 0 Å². The van der Waals surface area contributed by atoms with Crippen molar-refractivity contribution in [3.63, 3.8) is 0 Å². The zero-order valence-corrected chi connectivity index (χ0v) is 41.5. The second-order valence-corrected chi connectivity index (χ2v) is 23.9. The molecule has 5 heteroatoms. The van der Waals surface area contributed by atoms with E-state index >= 15 is 0 Å². The summed E-state index contributed by atoms with van der Waals surface area (Å²) in [5.41, 5.74) is 20.9. The zero-order valence-electron chi connectivity index (χ0n) is 41.5. The summed E-state index contributed by atoms with van der Waals surface area (Å²) in [5.74, 6) is 3.67. The molecule has 67 heavy (non-hydrogen) atoms. The quantitative estimate of drug-likeness (QED) is 0.162. The molecule has 4 nitrogen and oxygen atoms in total. The normalized spacial score (nSPS) is 15.3. The molecule has 8 aromatic rings. The Morgan fingerprint density at radius 1 is 0.433 bits per heavy atom. The predicted molar refractivity (Wildman–Crippen MR) is 281 cm³/mol. The highest BCUT2D eigenvalue weighted by molar-refractivity contribution is 7.01. The molecule has 1 spiro atoms. The van der Waals surface area contributed by atoms with E-state index in [1.807, 2.05) is 0 Å². The summed E-state index contributed by atoms with van der Waals surface area (Å²) in [7, 11) is 0. The number of aryl methyl sites for hydroxylation is 1. The Balaban J connectivity index is 1.24. The summed E-state index contributed by atoms with van der Waals surface area (Å²) in [5, 5.41) is 0. The van der Waals surface area contributed by atoms with Crippen LogP contribution < -0.4 is 26.2 Å². The van der Waals surface area contributed by atoms with Crippen molar-refractivity contribution in [2.45, 2.75) is 117 Å². The smallest absolute Gasteiger partial charge is 0.257 e. The Labute approximate surface area is 397 Å². The van der Waals surface area contributed by atoms with Crippen LogP contribution in [0.25, 0.3) is 22.3 Å². The van der Waals surface area contributed by atoms with Gasteiger partial charge in [-0.15, -0.1) is 0 Å². The minimum atomic E-state index is -0.773. The van der Waals surface area contributed by atoms with E-state index in [9.17, 15) is 0 Å². The van der Waals surface area contributed by atoms with Crippen molar-refractivity contribution >= 4 is 57.4 Å². The van der Waals surface area contributed by atoms with Crippen LogP contribution in [-0.4, -0.2) is 6.71 Å². The molecular weight excluding hydrogens is 816 g/mol. The molecule has 2 aliphatic carbocycles. The first-order valence-electron chi connectivity index (χ1n) is 24.3. The lowest BCUT2D eigenvalue weighted by Crippen LogP contribution is -2.61. The molecule has 0 N–H and O–H groups in total. The number of hydrogen-bond acceptors (Lipinski definition) is 4. The fraction of sp³-hybridized carbons (Fsp3) is 0.290. The van der Waals surface area contributed by atoms with Gasteiger partial charge in [0.15, 0.2) is 0 Å². The number of hydrogen-bond donors (Lipinski definition) is 0. The van der Waals surface area contributed by atoms with E-state index in [1.165, 1.54) is 72.3 Å². The molecule has 4 aliphatic rings. The highest BCUT2D eigenvalue weighted by Crippen LogP contribution is 2.65. The zero-order chi connectivity index (χ0) is 46.9. The molecule has 0 amide bonds. The lowest BCUT2D eigenvalue weighted by molar-refractivity contribution is 0.406. The van der Waals surface area contributed by atoms with E-state index in [0.717, 1.165) is 51.4 Å². The molecule has 0 saturated carbocycles. The molecular formula is C62H61BN2O2. The van der Waals surface area contributed by atoms with E-state index in [0.29, 0.717) is 0 Å². The second kappa shape index (κ2) is 13.6. The first-order valence-corrected chi connectivity index (χ1v) is 24.3. The molecule has 334 valence electrons. The first kappa shape index (κ1) is 41.9. The maximum absolute atomic E-state index is 7.93. The van der Waals surface area contributed by atoms with Gasteiger partial charge in [0.25, 0.3) is 6.71 Å². The lowest BCUT2D eigenvalue weighted by atomic mass is 9.33. The minimum Gasteiger partial charge on any atom is -0.464 e. The lowest BCUT2D eigenvalue weighted by Gasteiger charge is -2.44. The van der Waals surface area contributed by atoms with Crippen LogP contribution in [0.5, 0.6) is 0 Å². The highest BCUT2D eigenvalue weighted by Gasteiger charge is 2.61. The van der Waals surface area contributed by atoms with E-state index < -0.39 is 5.41 Å². The summed E-state index contributed by atoms with van der Waals surface area (Å²) < 4.78 is 15.0. The van der Waals surface area contributed by atoms with E-state index in [1.54, 1.807) is 0 Å². The van der Waals surface area contributed by atoms with Gasteiger partial charge >= 0.3 is 0 Å². The predicted octanol–water partition coefficient (Wildman–Crippen LogP) is 14.8. The molecule has 0 bridgehead atoms. The molecule has 0 unspecified atom stereocenters. The topological polar surface area (TPSA) is 32.8 Å². The minimum absolute atomic E-state index is 0.00229. The van der Waals surface area contributed by atoms with E-state index in [-0.39, 0.29) is 28.4 Å². The maximum atomic E-state index is 7.93. The standard InChI is InChI=1S/C62H61BN2O2/c1-36-32-45-52-54-57(67-56(52)62(55(45)66-36)46-20-16-14-18-43(46)44-19-15-17-21-47(44)62)65(42-29-24-38(25-30-42)59(5,6)7)51-35-40(61(11,12)13)34-50-53(51)63(54)48-31-26-39(60(8,9)10)33-49(48)64(50)41-27-22-37(23-28-41)58(2,3)4/h14-35H,1-13H3. The first-order chi connectivity index (χ1) is 31.7. The van der Waals surface area contributed by atoms with Gasteiger partial charge < -0.3 is 13.7 Å². The Hall–Kier alpha value is -6.46. The third-order valence-electron chi connectivity index (χ3n) is 15.4. The molecule has 6 aromatic carbocycles. The molecule has 4 heterocycles. The molecule has 0 atom stereocenters. The molecule has 12 rings (SSSR count). The van der Waals surface area contributed by atoms with Gasteiger partial charge in [-0.25, -0.2) is 0 Å². The molecule has 2 aliphatic heterocycles. The van der Waals surface area contributed by atoms with Crippen molar-refractivity contribution in [3.8, 4) is 22.3 Å². The Kier molecular flexibility index (Phi) is 8.51. The Bertz CT molecular complexity index is 3310. The number of nitrogens with zero attached hydrogens (tertiary/aromatic N) is 2. The number of furan rings is 2. The van der Waals surface area contributed by atoms with Crippen molar-refractivity contribution in [2.75, 3.05) is 9.80 Å². The third kappa shape index (κ3) is 5.79. The molecule has 0 saturated heterocycles. The SMILES string of the molecule is Cc1cc2c(o1)C1(c3ccccc3-c3ccccc31)c1oc3c(c1-2)B1c2ccc(C(C)(C)C)cc2N(c2ccc(C(C)(C)C)cc2)c2cc(C(C)(C)C)cc(c21)N3c1ccc(C(C)(C)C)cc1. The van der Waals surface area contributed by atoms with E-state index in [4.69, 9.17) is 8.83 Å². The summed E-state index contributed by atoms with van der Waals surface area (Å²) >= 11 is 0. The van der Waals surface area contributed by atoms with Crippen molar-refractivity contribution in [1.82, 2.24) is 0 Å². The van der Waals surface area contributed by atoms with Gasteiger partial charge in [0.05, 0.1) is 0 Å². The van der Waals surface area contributed by atoms with Crippen LogP contribution in [0.4, 0.5) is 34.3 Å². The van der Waals surface area contributed by atoms with Crippen LogP contribution in [0.2, 0.25) is 0 Å². The molecule has 0 fully saturated rings. The van der Waals surface area contributed by atoms with Gasteiger partial charge in [0.2, 0.25) is 5.88 Å². The van der Waals surface area contributed by atoms with Gasteiger partial charge in [-0.05, 0) is 133 Å². The van der Waals surface area contributed by atoms with Gasteiger partial charge in [-0.1, -0.05) is 168 Å². The number of rotatable bonds is 2. The fourth-order valence-electron chi connectivity index (χ4n) is 11.8. The van der Waals surface area contributed by atoms with Crippen LogP contribution in [0.15, 0.2) is 142 Å². The van der Waals surface area contributed by atoms with Crippen LogP contribution in [0.1, 0.15) is 134 Å². The van der Waals surface area contributed by atoms with Crippen molar-refractivity contribution < 1.29 is 8.83 Å².